The third-order valence-electron chi connectivity index (χ3n) is 2.99. The van der Waals surface area contributed by atoms with Crippen LogP contribution in [0.2, 0.25) is 0 Å². The first-order chi connectivity index (χ1) is 7.79. The molecule has 1 aromatic carbocycles. The van der Waals surface area contributed by atoms with Crippen molar-refractivity contribution in [3.05, 3.63) is 35.1 Å². The van der Waals surface area contributed by atoms with E-state index in [9.17, 15) is 9.50 Å². The second-order valence-electron chi connectivity index (χ2n) is 5.98. The van der Waals surface area contributed by atoms with E-state index in [0.29, 0.717) is 17.5 Å². The van der Waals surface area contributed by atoms with Gasteiger partial charge in [0.2, 0.25) is 0 Å². The van der Waals surface area contributed by atoms with Crippen molar-refractivity contribution in [3.63, 3.8) is 0 Å². The van der Waals surface area contributed by atoms with Crippen LogP contribution >= 0.6 is 0 Å². The van der Waals surface area contributed by atoms with E-state index in [-0.39, 0.29) is 11.2 Å². The largest absolute Gasteiger partial charge is 0.388 e. The quantitative estimate of drug-likeness (QED) is 0.825. The number of aliphatic hydroxyl groups is 1. The molecule has 0 saturated carbocycles. The van der Waals surface area contributed by atoms with Crippen molar-refractivity contribution in [2.75, 3.05) is 0 Å². The van der Waals surface area contributed by atoms with Gasteiger partial charge in [0.05, 0.1) is 6.10 Å². The Morgan fingerprint density at radius 3 is 2.47 bits per heavy atom. The van der Waals surface area contributed by atoms with Gasteiger partial charge in [-0.15, -0.1) is 0 Å². The summed E-state index contributed by atoms with van der Waals surface area (Å²) in [6, 6.07) is 4.97. The maximum absolute atomic E-state index is 13.3. The Bertz CT molecular complexity index is 366. The molecule has 0 spiro atoms. The van der Waals surface area contributed by atoms with Crippen molar-refractivity contribution >= 4 is 0 Å². The Labute approximate surface area is 104 Å². The van der Waals surface area contributed by atoms with Gasteiger partial charge in [-0.05, 0) is 42.4 Å². The second kappa shape index (κ2) is 5.63. The predicted octanol–water partition coefficient (Wildman–Crippen LogP) is 4.38. The summed E-state index contributed by atoms with van der Waals surface area (Å²) in [7, 11) is 0. The molecule has 96 valence electrons. The molecule has 1 atom stereocenters. The van der Waals surface area contributed by atoms with Crippen molar-refractivity contribution in [2.24, 2.45) is 5.41 Å². The average Bonchev–Trinajstić information content (AvgIpc) is 2.20. The first kappa shape index (κ1) is 14.2. The SMILES string of the molecule is Cc1ccc(C(O)CCCC(C)(C)C)cc1F. The monoisotopic (exact) mass is 238 g/mol. The molecule has 1 unspecified atom stereocenters. The predicted molar refractivity (Wildman–Crippen MR) is 69.4 cm³/mol. The summed E-state index contributed by atoms with van der Waals surface area (Å²) in [4.78, 5) is 0. The molecular formula is C15H23FO. The molecule has 0 fully saturated rings. The van der Waals surface area contributed by atoms with Crippen LogP contribution in [0.3, 0.4) is 0 Å². The molecule has 0 amide bonds. The van der Waals surface area contributed by atoms with Gasteiger partial charge in [-0.25, -0.2) is 4.39 Å². The Kier molecular flexibility index (Phi) is 4.70. The van der Waals surface area contributed by atoms with E-state index in [4.69, 9.17) is 0 Å². The van der Waals surface area contributed by atoms with Crippen LogP contribution in [0.4, 0.5) is 4.39 Å². The molecule has 0 aliphatic rings. The van der Waals surface area contributed by atoms with Gasteiger partial charge in [0.25, 0.3) is 0 Å². The van der Waals surface area contributed by atoms with Crippen molar-refractivity contribution in [3.8, 4) is 0 Å². The highest BCUT2D eigenvalue weighted by Crippen LogP contribution is 2.26. The van der Waals surface area contributed by atoms with E-state index in [0.717, 1.165) is 12.8 Å². The van der Waals surface area contributed by atoms with Crippen molar-refractivity contribution < 1.29 is 9.50 Å². The molecule has 1 aromatic rings. The Morgan fingerprint density at radius 1 is 1.29 bits per heavy atom. The van der Waals surface area contributed by atoms with Gasteiger partial charge in [-0.2, -0.15) is 0 Å². The van der Waals surface area contributed by atoms with Crippen LogP contribution in [0.25, 0.3) is 0 Å². The van der Waals surface area contributed by atoms with E-state index >= 15 is 0 Å². The van der Waals surface area contributed by atoms with Gasteiger partial charge in [-0.3, -0.25) is 0 Å². The summed E-state index contributed by atoms with van der Waals surface area (Å²) < 4.78 is 13.3. The number of hydrogen-bond donors (Lipinski definition) is 1. The van der Waals surface area contributed by atoms with Crippen LogP contribution in [-0.4, -0.2) is 5.11 Å². The van der Waals surface area contributed by atoms with E-state index in [2.05, 4.69) is 20.8 Å². The summed E-state index contributed by atoms with van der Waals surface area (Å²) in [5.41, 5.74) is 1.59. The Balaban J connectivity index is 2.52. The molecule has 0 saturated heterocycles. The zero-order valence-electron chi connectivity index (χ0n) is 11.3. The molecule has 2 heteroatoms. The second-order valence-corrected chi connectivity index (χ2v) is 5.98. The Hall–Kier alpha value is -0.890. The third-order valence-corrected chi connectivity index (χ3v) is 2.99. The van der Waals surface area contributed by atoms with Gasteiger partial charge in [-0.1, -0.05) is 39.3 Å². The van der Waals surface area contributed by atoms with Crippen molar-refractivity contribution in [1.29, 1.82) is 0 Å². The molecule has 0 aliphatic heterocycles. The molecule has 1 nitrogen and oxygen atoms in total. The molecule has 1 rings (SSSR count). The van der Waals surface area contributed by atoms with Gasteiger partial charge in [0.1, 0.15) is 5.82 Å². The minimum absolute atomic E-state index is 0.239. The maximum atomic E-state index is 13.3. The zero-order valence-corrected chi connectivity index (χ0v) is 11.3. The molecule has 0 aliphatic carbocycles. The minimum Gasteiger partial charge on any atom is -0.388 e. The van der Waals surface area contributed by atoms with Crippen molar-refractivity contribution in [2.45, 2.75) is 53.1 Å². The highest BCUT2D eigenvalue weighted by atomic mass is 19.1. The fourth-order valence-corrected chi connectivity index (χ4v) is 1.81. The third kappa shape index (κ3) is 4.86. The highest BCUT2D eigenvalue weighted by molar-refractivity contribution is 5.24. The summed E-state index contributed by atoms with van der Waals surface area (Å²) in [6.07, 6.45) is 2.17. The Morgan fingerprint density at radius 2 is 1.94 bits per heavy atom. The molecule has 17 heavy (non-hydrogen) atoms. The molecule has 0 radical (unpaired) electrons. The lowest BCUT2D eigenvalue weighted by Crippen LogP contribution is -2.06. The number of hydrogen-bond acceptors (Lipinski definition) is 1. The molecule has 0 bridgehead atoms. The van der Waals surface area contributed by atoms with Crippen LogP contribution in [-0.2, 0) is 0 Å². The van der Waals surface area contributed by atoms with Crippen LogP contribution < -0.4 is 0 Å². The highest BCUT2D eigenvalue weighted by Gasteiger charge is 2.13. The topological polar surface area (TPSA) is 20.2 Å². The van der Waals surface area contributed by atoms with Gasteiger partial charge in [0.15, 0.2) is 0 Å². The van der Waals surface area contributed by atoms with E-state index in [1.54, 1.807) is 19.1 Å². The number of rotatable bonds is 4. The maximum Gasteiger partial charge on any atom is 0.126 e. The average molecular weight is 238 g/mol. The molecule has 1 N–H and O–H groups in total. The van der Waals surface area contributed by atoms with Crippen molar-refractivity contribution in [1.82, 2.24) is 0 Å². The van der Waals surface area contributed by atoms with Gasteiger partial charge in [0, 0.05) is 0 Å². The smallest absolute Gasteiger partial charge is 0.126 e. The summed E-state index contributed by atoms with van der Waals surface area (Å²) in [5, 5.41) is 9.97. The fourth-order valence-electron chi connectivity index (χ4n) is 1.81. The van der Waals surface area contributed by atoms with Crippen LogP contribution in [0.1, 0.15) is 57.3 Å². The summed E-state index contributed by atoms with van der Waals surface area (Å²) in [6.45, 7) is 8.28. The first-order valence-electron chi connectivity index (χ1n) is 6.24. The minimum atomic E-state index is -0.549. The van der Waals surface area contributed by atoms with Gasteiger partial charge >= 0.3 is 0 Å². The lowest BCUT2D eigenvalue weighted by Gasteiger charge is -2.19. The van der Waals surface area contributed by atoms with E-state index < -0.39 is 6.10 Å². The summed E-state index contributed by atoms with van der Waals surface area (Å²) >= 11 is 0. The lowest BCUT2D eigenvalue weighted by molar-refractivity contribution is 0.157. The standard InChI is InChI=1S/C15H23FO/c1-11-7-8-12(10-13(11)16)14(17)6-5-9-15(2,3)4/h7-8,10,14,17H,5-6,9H2,1-4H3. The lowest BCUT2D eigenvalue weighted by atomic mass is 9.88. The number of halogens is 1. The molecule has 0 heterocycles. The number of aliphatic hydroxyl groups excluding tert-OH is 1. The van der Waals surface area contributed by atoms with Crippen LogP contribution in [0.5, 0.6) is 0 Å². The van der Waals surface area contributed by atoms with Crippen LogP contribution in [0, 0.1) is 18.2 Å². The summed E-state index contributed by atoms with van der Waals surface area (Å²) in [5.74, 6) is -0.239. The number of aryl methyl sites for hydroxylation is 1. The first-order valence-corrected chi connectivity index (χ1v) is 6.24. The van der Waals surface area contributed by atoms with Crippen LogP contribution in [0.15, 0.2) is 18.2 Å². The number of benzene rings is 1. The van der Waals surface area contributed by atoms with E-state index in [1.165, 1.54) is 6.07 Å². The van der Waals surface area contributed by atoms with Gasteiger partial charge < -0.3 is 5.11 Å². The molecular weight excluding hydrogens is 215 g/mol. The normalized spacial score (nSPS) is 13.8. The fraction of sp³-hybridized carbons (Fsp3) is 0.600. The molecule has 0 aromatic heterocycles. The zero-order chi connectivity index (χ0) is 13.1. The van der Waals surface area contributed by atoms with E-state index in [1.807, 2.05) is 0 Å².